The Morgan fingerprint density at radius 3 is 2.18 bits per heavy atom. The molecular formula is C13H24N2O4S3. The lowest BCUT2D eigenvalue weighted by atomic mass is 10.1. The van der Waals surface area contributed by atoms with Crippen molar-refractivity contribution >= 4 is 31.4 Å². The van der Waals surface area contributed by atoms with Crippen LogP contribution >= 0.6 is 11.3 Å². The number of thiophene rings is 1. The summed E-state index contributed by atoms with van der Waals surface area (Å²) in [5.74, 6) is 0. The minimum absolute atomic E-state index is 0.0338. The SMILES string of the molecule is CCc1ccc(S(=O)(=O)NCCN(C(C)(C)C)S(C)(=O)=O)s1. The number of sulfonamides is 2. The number of hydrogen-bond acceptors (Lipinski definition) is 5. The van der Waals surface area contributed by atoms with Gasteiger partial charge >= 0.3 is 0 Å². The van der Waals surface area contributed by atoms with Gasteiger partial charge in [-0.15, -0.1) is 11.3 Å². The zero-order valence-electron chi connectivity index (χ0n) is 13.6. The van der Waals surface area contributed by atoms with E-state index in [1.54, 1.807) is 32.9 Å². The smallest absolute Gasteiger partial charge is 0.212 e. The first-order chi connectivity index (χ1) is 9.88. The maximum atomic E-state index is 12.2. The van der Waals surface area contributed by atoms with E-state index < -0.39 is 25.6 Å². The Balaban J connectivity index is 2.76. The topological polar surface area (TPSA) is 83.6 Å². The van der Waals surface area contributed by atoms with E-state index in [1.807, 2.05) is 6.92 Å². The Hall–Kier alpha value is -0.480. The molecule has 128 valence electrons. The Bertz CT molecular complexity index is 700. The van der Waals surface area contributed by atoms with Gasteiger partial charge in [0.15, 0.2) is 0 Å². The van der Waals surface area contributed by atoms with Crippen LogP contribution in [0.15, 0.2) is 16.3 Å². The highest BCUT2D eigenvalue weighted by atomic mass is 32.2. The van der Waals surface area contributed by atoms with E-state index in [0.29, 0.717) is 0 Å². The second-order valence-electron chi connectivity index (χ2n) is 5.98. The molecule has 22 heavy (non-hydrogen) atoms. The van der Waals surface area contributed by atoms with Gasteiger partial charge in [0.2, 0.25) is 20.0 Å². The monoisotopic (exact) mass is 368 g/mol. The van der Waals surface area contributed by atoms with Crippen LogP contribution < -0.4 is 4.72 Å². The van der Waals surface area contributed by atoms with Gasteiger partial charge in [-0.25, -0.2) is 21.6 Å². The van der Waals surface area contributed by atoms with Crippen LogP contribution in [0.3, 0.4) is 0 Å². The van der Waals surface area contributed by atoms with Crippen LogP contribution in [0.25, 0.3) is 0 Å². The standard InChI is InChI=1S/C13H24N2O4S3/c1-6-11-7-8-12(20-11)22(18,19)14-9-10-15(13(2,3)4)21(5,16)17/h7-8,14H,6,9-10H2,1-5H3. The van der Waals surface area contributed by atoms with Gasteiger partial charge < -0.3 is 0 Å². The molecule has 0 spiro atoms. The lowest BCUT2D eigenvalue weighted by Gasteiger charge is -2.33. The van der Waals surface area contributed by atoms with Crippen molar-refractivity contribution in [1.82, 2.24) is 9.03 Å². The van der Waals surface area contributed by atoms with E-state index in [9.17, 15) is 16.8 Å². The molecule has 1 aromatic heterocycles. The van der Waals surface area contributed by atoms with Gasteiger partial charge in [0.25, 0.3) is 0 Å². The third-order valence-corrected chi connectivity index (χ3v) is 7.72. The molecule has 0 bridgehead atoms. The minimum Gasteiger partial charge on any atom is -0.212 e. The first-order valence-electron chi connectivity index (χ1n) is 6.94. The molecule has 0 aromatic carbocycles. The lowest BCUT2D eigenvalue weighted by Crippen LogP contribution is -2.48. The van der Waals surface area contributed by atoms with Crippen LogP contribution in [0, 0.1) is 0 Å². The van der Waals surface area contributed by atoms with Gasteiger partial charge in [-0.3, -0.25) is 0 Å². The molecule has 6 nitrogen and oxygen atoms in total. The van der Waals surface area contributed by atoms with Gasteiger partial charge in [0.1, 0.15) is 4.21 Å². The van der Waals surface area contributed by atoms with Gasteiger partial charge in [-0.2, -0.15) is 4.31 Å². The summed E-state index contributed by atoms with van der Waals surface area (Å²) in [5, 5.41) is 0. The summed E-state index contributed by atoms with van der Waals surface area (Å²) < 4.78 is 51.9. The molecule has 0 amide bonds. The van der Waals surface area contributed by atoms with E-state index in [0.717, 1.165) is 17.6 Å². The minimum atomic E-state index is -3.59. The Labute approximate surface area is 137 Å². The van der Waals surface area contributed by atoms with Gasteiger partial charge in [0.05, 0.1) is 6.26 Å². The van der Waals surface area contributed by atoms with Crippen LogP contribution in [0.2, 0.25) is 0 Å². The Morgan fingerprint density at radius 2 is 1.77 bits per heavy atom. The number of aryl methyl sites for hydroxylation is 1. The fourth-order valence-electron chi connectivity index (χ4n) is 2.04. The van der Waals surface area contributed by atoms with Crippen molar-refractivity contribution in [2.45, 2.75) is 43.9 Å². The molecule has 0 aliphatic heterocycles. The predicted molar refractivity (Wildman–Crippen MR) is 90.2 cm³/mol. The van der Waals surface area contributed by atoms with Gasteiger partial charge in [0, 0.05) is 23.5 Å². The first kappa shape index (κ1) is 19.6. The Morgan fingerprint density at radius 1 is 1.18 bits per heavy atom. The van der Waals surface area contributed by atoms with Gasteiger partial charge in [-0.05, 0) is 39.3 Å². The molecule has 1 heterocycles. The molecule has 0 saturated carbocycles. The van der Waals surface area contributed by atoms with Crippen molar-refractivity contribution in [3.05, 3.63) is 17.0 Å². The van der Waals surface area contributed by atoms with Crippen molar-refractivity contribution in [3.63, 3.8) is 0 Å². The van der Waals surface area contributed by atoms with Crippen LogP contribution in [0.1, 0.15) is 32.6 Å². The normalized spacial score (nSPS) is 13.7. The van der Waals surface area contributed by atoms with Crippen LogP contribution in [-0.4, -0.2) is 46.0 Å². The molecule has 0 saturated heterocycles. The predicted octanol–water partition coefficient (Wildman–Crippen LogP) is 1.65. The molecule has 9 heteroatoms. The highest BCUT2D eigenvalue weighted by Gasteiger charge is 2.29. The van der Waals surface area contributed by atoms with Crippen LogP contribution in [0.4, 0.5) is 0 Å². The average molecular weight is 369 g/mol. The molecule has 0 radical (unpaired) electrons. The quantitative estimate of drug-likeness (QED) is 0.793. The third-order valence-electron chi connectivity index (χ3n) is 3.01. The molecular weight excluding hydrogens is 344 g/mol. The third kappa shape index (κ3) is 5.31. The van der Waals surface area contributed by atoms with Crippen molar-refractivity contribution < 1.29 is 16.8 Å². The summed E-state index contributed by atoms with van der Waals surface area (Å²) in [6.07, 6.45) is 1.91. The molecule has 0 atom stereocenters. The highest BCUT2D eigenvalue weighted by Crippen LogP contribution is 2.22. The molecule has 0 unspecified atom stereocenters. The zero-order valence-corrected chi connectivity index (χ0v) is 16.0. The second-order valence-corrected chi connectivity index (χ2v) is 11.0. The number of nitrogens with zero attached hydrogens (tertiary/aromatic N) is 1. The van der Waals surface area contributed by atoms with Crippen molar-refractivity contribution in [1.29, 1.82) is 0 Å². The lowest BCUT2D eigenvalue weighted by molar-refractivity contribution is 0.254. The molecule has 1 aromatic rings. The zero-order chi connectivity index (χ0) is 17.2. The average Bonchev–Trinajstić information content (AvgIpc) is 2.80. The Kier molecular flexibility index (Phi) is 6.19. The molecule has 0 fully saturated rings. The summed E-state index contributed by atoms with van der Waals surface area (Å²) >= 11 is 1.23. The highest BCUT2D eigenvalue weighted by molar-refractivity contribution is 7.91. The maximum absolute atomic E-state index is 12.2. The summed E-state index contributed by atoms with van der Waals surface area (Å²) in [5.41, 5.74) is -0.600. The summed E-state index contributed by atoms with van der Waals surface area (Å²) in [7, 11) is -6.99. The molecule has 0 aliphatic rings. The fraction of sp³-hybridized carbons (Fsp3) is 0.692. The number of rotatable bonds is 7. The maximum Gasteiger partial charge on any atom is 0.250 e. The van der Waals surface area contributed by atoms with E-state index in [4.69, 9.17) is 0 Å². The second kappa shape index (κ2) is 6.96. The van der Waals surface area contributed by atoms with E-state index in [2.05, 4.69) is 4.72 Å². The summed E-state index contributed by atoms with van der Waals surface area (Å²) in [6, 6.07) is 3.36. The van der Waals surface area contributed by atoms with E-state index in [-0.39, 0.29) is 17.3 Å². The van der Waals surface area contributed by atoms with E-state index >= 15 is 0 Å². The van der Waals surface area contributed by atoms with Gasteiger partial charge in [-0.1, -0.05) is 6.92 Å². The van der Waals surface area contributed by atoms with Crippen molar-refractivity contribution in [2.24, 2.45) is 0 Å². The number of nitrogens with one attached hydrogen (secondary N) is 1. The van der Waals surface area contributed by atoms with E-state index in [1.165, 1.54) is 15.6 Å². The van der Waals surface area contributed by atoms with Crippen LogP contribution in [0.5, 0.6) is 0 Å². The largest absolute Gasteiger partial charge is 0.250 e. The summed E-state index contributed by atoms with van der Waals surface area (Å²) in [4.78, 5) is 0.993. The van der Waals surface area contributed by atoms with Crippen molar-refractivity contribution in [3.8, 4) is 0 Å². The fourth-order valence-corrected chi connectivity index (χ4v) is 5.82. The van der Waals surface area contributed by atoms with Crippen LogP contribution in [-0.2, 0) is 26.5 Å². The molecule has 1 N–H and O–H groups in total. The molecule has 0 aliphatic carbocycles. The van der Waals surface area contributed by atoms with Crippen molar-refractivity contribution in [2.75, 3.05) is 19.3 Å². The number of hydrogen-bond donors (Lipinski definition) is 1. The first-order valence-corrected chi connectivity index (χ1v) is 11.1. The molecule has 1 rings (SSSR count). The summed E-state index contributed by atoms with van der Waals surface area (Å²) in [6.45, 7) is 7.41.